The van der Waals surface area contributed by atoms with E-state index in [1.54, 1.807) is 6.07 Å². The van der Waals surface area contributed by atoms with Crippen LogP contribution in [0.25, 0.3) is 0 Å². The maximum Gasteiger partial charge on any atom is 0.337 e. The number of hydrogen-bond donors (Lipinski definition) is 1. The lowest BCUT2D eigenvalue weighted by atomic mass is 9.82. The highest BCUT2D eigenvalue weighted by Gasteiger charge is 2.29. The summed E-state index contributed by atoms with van der Waals surface area (Å²) in [4.78, 5) is 15.9. The number of nitrogens with two attached hydrogens (primary N) is 1. The maximum absolute atomic E-state index is 11.7. The largest absolute Gasteiger partial charge is 0.465 e. The smallest absolute Gasteiger partial charge is 0.337 e. The van der Waals surface area contributed by atoms with Gasteiger partial charge in [-0.1, -0.05) is 19.1 Å². The third-order valence-corrected chi connectivity index (χ3v) is 4.06. The molecule has 110 valence electrons. The van der Waals surface area contributed by atoms with Crippen LogP contribution in [0.1, 0.15) is 34.6 Å². The molecule has 1 aliphatic rings. The van der Waals surface area contributed by atoms with Crippen LogP contribution >= 0.6 is 0 Å². The fourth-order valence-corrected chi connectivity index (χ4v) is 2.94. The first-order valence-electron chi connectivity index (χ1n) is 6.96. The molecule has 6 nitrogen and oxygen atoms in total. The zero-order valence-electron chi connectivity index (χ0n) is 12.1. The van der Waals surface area contributed by atoms with Gasteiger partial charge in [0.15, 0.2) is 0 Å². The van der Waals surface area contributed by atoms with E-state index in [-0.39, 0.29) is 11.9 Å². The fourth-order valence-electron chi connectivity index (χ4n) is 2.94. The number of nitrogens with zero attached hydrogens (tertiary/aromatic N) is 3. The van der Waals surface area contributed by atoms with E-state index in [0.717, 1.165) is 24.4 Å². The second-order valence-corrected chi connectivity index (χ2v) is 5.47. The van der Waals surface area contributed by atoms with E-state index in [0.29, 0.717) is 17.4 Å². The molecule has 0 saturated carbocycles. The lowest BCUT2D eigenvalue weighted by Gasteiger charge is -2.29. The van der Waals surface area contributed by atoms with Gasteiger partial charge in [0.2, 0.25) is 5.95 Å². The Morgan fingerprint density at radius 2 is 2.29 bits per heavy atom. The SMILES string of the molecule is COC(=O)c1cccc(C2Cn3nc(N)nc3CC2C)c1. The highest BCUT2D eigenvalue weighted by atomic mass is 16.5. The first-order chi connectivity index (χ1) is 10.1. The maximum atomic E-state index is 11.7. The van der Waals surface area contributed by atoms with Crippen molar-refractivity contribution in [3.63, 3.8) is 0 Å². The molecule has 0 amide bonds. The first-order valence-corrected chi connectivity index (χ1v) is 6.96. The molecule has 0 aliphatic carbocycles. The summed E-state index contributed by atoms with van der Waals surface area (Å²) in [5.74, 6) is 1.63. The molecule has 3 rings (SSSR count). The van der Waals surface area contributed by atoms with Crippen molar-refractivity contribution >= 4 is 11.9 Å². The van der Waals surface area contributed by atoms with Crippen LogP contribution in [0.3, 0.4) is 0 Å². The molecule has 2 N–H and O–H groups in total. The van der Waals surface area contributed by atoms with E-state index < -0.39 is 0 Å². The third kappa shape index (κ3) is 2.49. The molecule has 1 aliphatic heterocycles. The molecule has 0 fully saturated rings. The van der Waals surface area contributed by atoms with Gasteiger partial charge in [0.25, 0.3) is 0 Å². The van der Waals surface area contributed by atoms with Crippen molar-refractivity contribution in [1.29, 1.82) is 0 Å². The van der Waals surface area contributed by atoms with Crippen molar-refractivity contribution in [2.24, 2.45) is 5.92 Å². The highest BCUT2D eigenvalue weighted by Crippen LogP contribution is 2.33. The number of aromatic nitrogens is 3. The third-order valence-electron chi connectivity index (χ3n) is 4.06. The Kier molecular flexibility index (Phi) is 3.37. The van der Waals surface area contributed by atoms with Crippen LogP contribution in [0.15, 0.2) is 24.3 Å². The fraction of sp³-hybridized carbons (Fsp3) is 0.400. The Labute approximate surface area is 122 Å². The van der Waals surface area contributed by atoms with Crippen LogP contribution in [-0.4, -0.2) is 27.8 Å². The molecule has 2 aromatic rings. The summed E-state index contributed by atoms with van der Waals surface area (Å²) in [6.45, 7) is 2.91. The molecule has 2 unspecified atom stereocenters. The van der Waals surface area contributed by atoms with Crippen molar-refractivity contribution in [3.05, 3.63) is 41.2 Å². The van der Waals surface area contributed by atoms with E-state index in [9.17, 15) is 4.79 Å². The lowest BCUT2D eigenvalue weighted by Crippen LogP contribution is -2.27. The summed E-state index contributed by atoms with van der Waals surface area (Å²) >= 11 is 0. The number of anilines is 1. The molecular formula is C15H18N4O2. The van der Waals surface area contributed by atoms with E-state index in [1.165, 1.54) is 7.11 Å². The molecule has 2 heterocycles. The van der Waals surface area contributed by atoms with E-state index in [1.807, 2.05) is 22.9 Å². The number of carbonyl (C=O) groups excluding carboxylic acids is 1. The molecule has 21 heavy (non-hydrogen) atoms. The Hall–Kier alpha value is -2.37. The topological polar surface area (TPSA) is 83.0 Å². The van der Waals surface area contributed by atoms with Gasteiger partial charge in [0, 0.05) is 12.3 Å². The number of methoxy groups -OCH3 is 1. The summed E-state index contributed by atoms with van der Waals surface area (Å²) in [7, 11) is 1.39. The summed E-state index contributed by atoms with van der Waals surface area (Å²) in [5.41, 5.74) is 7.36. The average Bonchev–Trinajstić information content (AvgIpc) is 2.84. The van der Waals surface area contributed by atoms with E-state index in [2.05, 4.69) is 17.0 Å². The average molecular weight is 286 g/mol. The number of carbonyl (C=O) groups is 1. The normalized spacial score (nSPS) is 20.9. The number of esters is 1. The summed E-state index contributed by atoms with van der Waals surface area (Å²) in [6, 6.07) is 7.60. The number of ether oxygens (including phenoxy) is 1. The van der Waals surface area contributed by atoms with Crippen molar-refractivity contribution in [3.8, 4) is 0 Å². The number of fused-ring (bicyclic) bond motifs is 1. The molecule has 0 saturated heterocycles. The highest BCUT2D eigenvalue weighted by molar-refractivity contribution is 5.89. The summed E-state index contributed by atoms with van der Waals surface area (Å²) < 4.78 is 6.65. The minimum Gasteiger partial charge on any atom is -0.465 e. The van der Waals surface area contributed by atoms with Gasteiger partial charge in [0.1, 0.15) is 5.82 Å². The lowest BCUT2D eigenvalue weighted by molar-refractivity contribution is 0.0600. The molecule has 6 heteroatoms. The van der Waals surface area contributed by atoms with E-state index >= 15 is 0 Å². The van der Waals surface area contributed by atoms with Crippen LogP contribution in [0.5, 0.6) is 0 Å². The van der Waals surface area contributed by atoms with Gasteiger partial charge in [-0.2, -0.15) is 4.98 Å². The van der Waals surface area contributed by atoms with Gasteiger partial charge in [-0.05, 0) is 23.6 Å². The second kappa shape index (κ2) is 5.20. The van der Waals surface area contributed by atoms with Gasteiger partial charge >= 0.3 is 5.97 Å². The Morgan fingerprint density at radius 1 is 1.48 bits per heavy atom. The zero-order valence-corrected chi connectivity index (χ0v) is 12.1. The van der Waals surface area contributed by atoms with Gasteiger partial charge in [-0.25, -0.2) is 9.48 Å². The Morgan fingerprint density at radius 3 is 3.05 bits per heavy atom. The minimum atomic E-state index is -0.314. The molecule has 0 bridgehead atoms. The number of nitrogen functional groups attached to an aromatic ring is 1. The van der Waals surface area contributed by atoms with Crippen LogP contribution in [0.2, 0.25) is 0 Å². The summed E-state index contributed by atoms with van der Waals surface area (Å²) in [6.07, 6.45) is 0.831. The number of benzene rings is 1. The molecule has 0 spiro atoms. The molecule has 1 aromatic carbocycles. The van der Waals surface area contributed by atoms with Crippen LogP contribution < -0.4 is 5.73 Å². The van der Waals surface area contributed by atoms with Crippen LogP contribution in [0.4, 0.5) is 5.95 Å². The van der Waals surface area contributed by atoms with Gasteiger partial charge in [-0.15, -0.1) is 5.10 Å². The summed E-state index contributed by atoms with van der Waals surface area (Å²) in [5, 5.41) is 4.23. The molecule has 1 aromatic heterocycles. The number of hydrogen-bond acceptors (Lipinski definition) is 5. The standard InChI is InChI=1S/C15H18N4O2/c1-9-6-13-17-15(16)18-19(13)8-12(9)10-4-3-5-11(7-10)14(20)21-2/h3-5,7,9,12H,6,8H2,1-2H3,(H2,16,18). The monoisotopic (exact) mass is 286 g/mol. The Balaban J connectivity index is 1.92. The van der Waals surface area contributed by atoms with Gasteiger partial charge < -0.3 is 10.5 Å². The zero-order chi connectivity index (χ0) is 15.0. The quantitative estimate of drug-likeness (QED) is 0.848. The van der Waals surface area contributed by atoms with Gasteiger partial charge in [-0.3, -0.25) is 0 Å². The minimum absolute atomic E-state index is 0.281. The first kappa shape index (κ1) is 13.6. The second-order valence-electron chi connectivity index (χ2n) is 5.47. The predicted octanol–water partition coefficient (Wildman–Crippen LogP) is 1.62. The molecule has 0 radical (unpaired) electrons. The van der Waals surface area contributed by atoms with Gasteiger partial charge in [0.05, 0.1) is 19.2 Å². The molecular weight excluding hydrogens is 268 g/mol. The Bertz CT molecular complexity index is 680. The van der Waals surface area contributed by atoms with Crippen LogP contribution in [-0.2, 0) is 17.7 Å². The van der Waals surface area contributed by atoms with E-state index in [4.69, 9.17) is 10.5 Å². The van der Waals surface area contributed by atoms with Crippen molar-refractivity contribution < 1.29 is 9.53 Å². The molecule has 2 atom stereocenters. The predicted molar refractivity (Wildman–Crippen MR) is 77.8 cm³/mol. The number of rotatable bonds is 2. The van der Waals surface area contributed by atoms with Crippen molar-refractivity contribution in [2.75, 3.05) is 12.8 Å². The van der Waals surface area contributed by atoms with Crippen LogP contribution in [0, 0.1) is 5.92 Å². The van der Waals surface area contributed by atoms with Crippen molar-refractivity contribution in [1.82, 2.24) is 14.8 Å². The van der Waals surface area contributed by atoms with Crippen molar-refractivity contribution in [2.45, 2.75) is 25.8 Å².